The van der Waals surface area contributed by atoms with E-state index in [4.69, 9.17) is 9.52 Å². The van der Waals surface area contributed by atoms with Crippen molar-refractivity contribution in [3.05, 3.63) is 17.9 Å². The molecule has 1 aromatic rings. The van der Waals surface area contributed by atoms with Crippen LogP contribution in [0.4, 0.5) is 0 Å². The quantitative estimate of drug-likeness (QED) is 0.899. The lowest BCUT2D eigenvalue weighted by Gasteiger charge is -2.29. The summed E-state index contributed by atoms with van der Waals surface area (Å²) in [7, 11) is -3.70. The number of aromatic carboxylic acids is 1. The lowest BCUT2D eigenvalue weighted by atomic mass is 10.0. The lowest BCUT2D eigenvalue weighted by molar-refractivity contribution is 0.0656. The molecule has 0 aromatic carbocycles. The zero-order valence-corrected chi connectivity index (χ0v) is 10.8. The van der Waals surface area contributed by atoms with Crippen molar-refractivity contribution in [1.82, 2.24) is 4.31 Å². The number of carboxylic acid groups (broad SMARTS) is 1. The van der Waals surface area contributed by atoms with Gasteiger partial charge in [0.15, 0.2) is 0 Å². The van der Waals surface area contributed by atoms with Crippen LogP contribution in [0.15, 0.2) is 21.6 Å². The SMILES string of the molecule is CC1CCCN(S(=O)(=O)c2ccc(C(=O)O)o2)C1. The summed E-state index contributed by atoms with van der Waals surface area (Å²) in [5, 5.41) is 8.42. The Labute approximate surface area is 105 Å². The number of carbonyl (C=O) groups is 1. The van der Waals surface area contributed by atoms with Crippen molar-refractivity contribution in [3.63, 3.8) is 0 Å². The van der Waals surface area contributed by atoms with Crippen molar-refractivity contribution in [2.24, 2.45) is 5.92 Å². The summed E-state index contributed by atoms with van der Waals surface area (Å²) in [6, 6.07) is 2.35. The van der Waals surface area contributed by atoms with Gasteiger partial charge in [-0.15, -0.1) is 0 Å². The Hall–Kier alpha value is -1.34. The van der Waals surface area contributed by atoms with Gasteiger partial charge in [0.2, 0.25) is 10.9 Å². The van der Waals surface area contributed by atoms with Crippen LogP contribution in [0, 0.1) is 5.92 Å². The van der Waals surface area contributed by atoms with E-state index in [1.54, 1.807) is 0 Å². The molecule has 1 aromatic heterocycles. The van der Waals surface area contributed by atoms with Crippen LogP contribution >= 0.6 is 0 Å². The van der Waals surface area contributed by atoms with Gasteiger partial charge in [-0.3, -0.25) is 0 Å². The highest BCUT2D eigenvalue weighted by molar-refractivity contribution is 7.89. The molecule has 2 rings (SSSR count). The first kappa shape index (κ1) is 13.1. The third-order valence-corrected chi connectivity index (χ3v) is 4.75. The first-order valence-corrected chi connectivity index (χ1v) is 7.18. The van der Waals surface area contributed by atoms with Crippen molar-refractivity contribution >= 4 is 16.0 Å². The van der Waals surface area contributed by atoms with E-state index >= 15 is 0 Å². The number of hydrogen-bond acceptors (Lipinski definition) is 4. The molecule has 18 heavy (non-hydrogen) atoms. The Balaban J connectivity index is 2.26. The van der Waals surface area contributed by atoms with Crippen LogP contribution in [0.1, 0.15) is 30.3 Å². The van der Waals surface area contributed by atoms with E-state index in [-0.39, 0.29) is 10.9 Å². The van der Waals surface area contributed by atoms with Crippen molar-refractivity contribution in [2.45, 2.75) is 24.9 Å². The van der Waals surface area contributed by atoms with Crippen molar-refractivity contribution in [2.75, 3.05) is 13.1 Å². The van der Waals surface area contributed by atoms with Crippen LogP contribution in [-0.2, 0) is 10.0 Å². The number of rotatable bonds is 3. The van der Waals surface area contributed by atoms with Crippen molar-refractivity contribution < 1.29 is 22.7 Å². The molecule has 7 heteroatoms. The minimum absolute atomic E-state index is 0.297. The molecule has 0 bridgehead atoms. The van der Waals surface area contributed by atoms with Gasteiger partial charge in [-0.2, -0.15) is 4.31 Å². The van der Waals surface area contributed by atoms with Gasteiger partial charge in [-0.25, -0.2) is 13.2 Å². The predicted molar refractivity (Wildman–Crippen MR) is 62.8 cm³/mol. The second-order valence-electron chi connectivity index (χ2n) is 4.53. The number of sulfonamides is 1. The van der Waals surface area contributed by atoms with Crippen molar-refractivity contribution in [3.8, 4) is 0 Å². The smallest absolute Gasteiger partial charge is 0.371 e. The largest absolute Gasteiger partial charge is 0.475 e. The Morgan fingerprint density at radius 1 is 1.50 bits per heavy atom. The molecule has 1 saturated heterocycles. The van der Waals surface area contributed by atoms with E-state index in [1.807, 2.05) is 6.92 Å². The van der Waals surface area contributed by atoms with Crippen LogP contribution in [0.2, 0.25) is 0 Å². The van der Waals surface area contributed by atoms with Crippen LogP contribution < -0.4 is 0 Å². The Bertz CT molecular complexity index is 548. The summed E-state index contributed by atoms with van der Waals surface area (Å²) < 4.78 is 30.6. The maximum absolute atomic E-state index is 12.2. The average Bonchev–Trinajstić information content (AvgIpc) is 2.79. The van der Waals surface area contributed by atoms with Crippen LogP contribution in [0.25, 0.3) is 0 Å². The van der Waals surface area contributed by atoms with Gasteiger partial charge in [-0.1, -0.05) is 6.92 Å². The third-order valence-electron chi connectivity index (χ3n) is 3.01. The standard InChI is InChI=1S/C11H15NO5S/c1-8-3-2-6-12(7-8)18(15,16)10-5-4-9(17-10)11(13)14/h4-5,8H,2-3,6-7H2,1H3,(H,13,14). The molecule has 1 N–H and O–H groups in total. The topological polar surface area (TPSA) is 87.8 Å². The molecule has 0 amide bonds. The Morgan fingerprint density at radius 3 is 2.78 bits per heavy atom. The normalized spacial score (nSPS) is 21.9. The molecule has 0 aliphatic carbocycles. The highest BCUT2D eigenvalue weighted by atomic mass is 32.2. The van der Waals surface area contributed by atoms with Crippen LogP contribution in [0.3, 0.4) is 0 Å². The number of carboxylic acids is 1. The zero-order chi connectivity index (χ0) is 13.3. The fourth-order valence-corrected chi connectivity index (χ4v) is 3.58. The number of hydrogen-bond donors (Lipinski definition) is 1. The van der Waals surface area contributed by atoms with Gasteiger partial charge >= 0.3 is 5.97 Å². The molecule has 0 radical (unpaired) electrons. The Kier molecular flexibility index (Phi) is 3.45. The van der Waals surface area contributed by atoms with E-state index in [0.29, 0.717) is 19.0 Å². The molecule has 2 heterocycles. The summed E-state index contributed by atoms with van der Waals surface area (Å²) in [5.74, 6) is -1.33. The first-order valence-electron chi connectivity index (χ1n) is 5.74. The number of nitrogens with zero attached hydrogens (tertiary/aromatic N) is 1. The van der Waals surface area contributed by atoms with Crippen LogP contribution in [0.5, 0.6) is 0 Å². The zero-order valence-electron chi connectivity index (χ0n) is 10.00. The molecule has 0 saturated carbocycles. The fourth-order valence-electron chi connectivity index (χ4n) is 2.07. The van der Waals surface area contributed by atoms with Gasteiger partial charge in [0, 0.05) is 13.1 Å². The van der Waals surface area contributed by atoms with Gasteiger partial charge in [0.05, 0.1) is 0 Å². The summed E-state index contributed by atoms with van der Waals surface area (Å²) in [4.78, 5) is 10.7. The molecule has 1 aliphatic rings. The molecular weight excluding hydrogens is 258 g/mol. The summed E-state index contributed by atoms with van der Waals surface area (Å²) in [5.41, 5.74) is 0. The Morgan fingerprint density at radius 2 is 2.22 bits per heavy atom. The van der Waals surface area contributed by atoms with E-state index in [9.17, 15) is 13.2 Å². The summed E-state index contributed by atoms with van der Waals surface area (Å²) in [6.07, 6.45) is 1.82. The maximum atomic E-state index is 12.2. The lowest BCUT2D eigenvalue weighted by Crippen LogP contribution is -2.38. The second kappa shape index (κ2) is 4.74. The second-order valence-corrected chi connectivity index (χ2v) is 6.40. The van der Waals surface area contributed by atoms with Gasteiger partial charge in [0.1, 0.15) is 0 Å². The van der Waals surface area contributed by atoms with Crippen LogP contribution in [-0.4, -0.2) is 36.9 Å². The van der Waals surface area contributed by atoms with Gasteiger partial charge in [-0.05, 0) is 30.9 Å². The average molecular weight is 273 g/mol. The van der Waals surface area contributed by atoms with E-state index in [1.165, 1.54) is 10.4 Å². The maximum Gasteiger partial charge on any atom is 0.371 e. The minimum atomic E-state index is -3.70. The molecular formula is C11H15NO5S. The molecule has 0 spiro atoms. The monoisotopic (exact) mass is 273 g/mol. The highest BCUT2D eigenvalue weighted by Gasteiger charge is 2.31. The molecule has 1 fully saturated rings. The van der Waals surface area contributed by atoms with Gasteiger partial charge < -0.3 is 9.52 Å². The number of furan rings is 1. The minimum Gasteiger partial charge on any atom is -0.475 e. The molecule has 1 aliphatic heterocycles. The summed E-state index contributed by atoms with van der Waals surface area (Å²) >= 11 is 0. The summed E-state index contributed by atoms with van der Waals surface area (Å²) in [6.45, 7) is 2.90. The van der Waals surface area contributed by atoms with E-state index in [2.05, 4.69) is 0 Å². The molecule has 1 atom stereocenters. The number of piperidine rings is 1. The molecule has 1 unspecified atom stereocenters. The van der Waals surface area contributed by atoms with Crippen molar-refractivity contribution in [1.29, 1.82) is 0 Å². The molecule has 6 nitrogen and oxygen atoms in total. The highest BCUT2D eigenvalue weighted by Crippen LogP contribution is 2.24. The van der Waals surface area contributed by atoms with E-state index < -0.39 is 16.0 Å². The van der Waals surface area contributed by atoms with Gasteiger partial charge in [0.25, 0.3) is 10.0 Å². The van der Waals surface area contributed by atoms with E-state index in [0.717, 1.165) is 18.9 Å². The fraction of sp³-hybridized carbons (Fsp3) is 0.545. The predicted octanol–water partition coefficient (Wildman–Crippen LogP) is 1.40. The first-order chi connectivity index (χ1) is 8.41. The molecule has 100 valence electrons. The third kappa shape index (κ3) is 2.41.